The van der Waals surface area contributed by atoms with Crippen LogP contribution in [0.25, 0.3) is 10.9 Å². The van der Waals surface area contributed by atoms with Crippen LogP contribution >= 0.6 is 23.2 Å². The van der Waals surface area contributed by atoms with E-state index in [-0.39, 0.29) is 5.56 Å². The van der Waals surface area contributed by atoms with Gasteiger partial charge >= 0.3 is 0 Å². The van der Waals surface area contributed by atoms with Crippen LogP contribution in [0.4, 0.5) is 5.69 Å². The van der Waals surface area contributed by atoms with E-state index in [9.17, 15) is 4.79 Å². The fourth-order valence-electron chi connectivity index (χ4n) is 6.90. The van der Waals surface area contributed by atoms with Crippen molar-refractivity contribution in [2.45, 2.75) is 65.5 Å². The number of nitrogens with one attached hydrogen (secondary N) is 1. The van der Waals surface area contributed by atoms with Crippen molar-refractivity contribution in [2.75, 3.05) is 25.1 Å². The lowest BCUT2D eigenvalue weighted by atomic mass is 9.45. The first-order valence-corrected chi connectivity index (χ1v) is 15.3. The Bertz CT molecular complexity index is 1410. The second-order valence-electron chi connectivity index (χ2n) is 12.3. The third kappa shape index (κ3) is 6.09. The summed E-state index contributed by atoms with van der Waals surface area (Å²) in [6.45, 7) is 14.5. The Morgan fingerprint density at radius 1 is 1.12 bits per heavy atom. The summed E-state index contributed by atoms with van der Waals surface area (Å²) in [5.74, 6) is 2.60. The predicted molar refractivity (Wildman–Crippen MR) is 168 cm³/mol. The number of hydrogen-bond acceptors (Lipinski definition) is 5. The molecule has 4 atom stereocenters. The minimum atomic E-state index is -0.0406. The molecule has 2 bridgehead atoms. The highest BCUT2D eigenvalue weighted by molar-refractivity contribution is 6.35. The van der Waals surface area contributed by atoms with E-state index in [0.29, 0.717) is 45.4 Å². The smallest absolute Gasteiger partial charge is 0.261 e. The van der Waals surface area contributed by atoms with E-state index < -0.39 is 0 Å². The van der Waals surface area contributed by atoms with Crippen LogP contribution in [0.3, 0.4) is 0 Å². The standard InChI is InChI=1S/C21H22Cl2N4O.C11H19N/c22-16-4-3-15(19(23)11-16)7-10-27-14-25-20-12-17(5-6-18(20)21(27)28)24-13-26-8-1-2-9-26;1-7-9-5-8(11(9,2)3)6-10(7)12-4/h3-6,11-12,14,24H,1-2,7-10,13H2;7-10H,4-6H2,1-3H3. The molecule has 1 aliphatic heterocycles. The Morgan fingerprint density at radius 3 is 2.58 bits per heavy atom. The summed E-state index contributed by atoms with van der Waals surface area (Å²) in [4.78, 5) is 23.9. The summed E-state index contributed by atoms with van der Waals surface area (Å²) in [7, 11) is 0. The number of halogens is 2. The summed E-state index contributed by atoms with van der Waals surface area (Å²) in [5, 5.41) is 5.26. The molecule has 0 radical (unpaired) electrons. The molecule has 4 fully saturated rings. The Hall–Kier alpha value is -2.41. The second-order valence-corrected chi connectivity index (χ2v) is 13.2. The van der Waals surface area contributed by atoms with Gasteiger partial charge in [-0.05, 0) is 111 Å². The van der Waals surface area contributed by atoms with E-state index in [2.05, 4.69) is 47.7 Å². The first-order valence-electron chi connectivity index (χ1n) is 14.5. The monoisotopic (exact) mass is 581 g/mol. The summed E-state index contributed by atoms with van der Waals surface area (Å²) in [6.07, 6.45) is 7.51. The number of benzene rings is 2. The zero-order valence-corrected chi connectivity index (χ0v) is 25.4. The van der Waals surface area contributed by atoms with Crippen LogP contribution in [0.1, 0.15) is 52.0 Å². The maximum Gasteiger partial charge on any atom is 0.261 e. The fourth-order valence-corrected chi connectivity index (χ4v) is 7.40. The minimum absolute atomic E-state index is 0.0406. The third-order valence-electron chi connectivity index (χ3n) is 9.72. The maximum absolute atomic E-state index is 12.8. The van der Waals surface area contributed by atoms with Crippen molar-refractivity contribution < 1.29 is 0 Å². The molecule has 2 heterocycles. The van der Waals surface area contributed by atoms with Gasteiger partial charge in [0.15, 0.2) is 0 Å². The number of fused-ring (bicyclic) bond motifs is 3. The van der Waals surface area contributed by atoms with Crippen molar-refractivity contribution in [3.63, 3.8) is 0 Å². The number of aromatic nitrogens is 2. The Balaban J connectivity index is 0.000000223. The molecule has 4 aliphatic rings. The molecule has 1 saturated heterocycles. The Kier molecular flexibility index (Phi) is 8.89. The van der Waals surface area contributed by atoms with Gasteiger partial charge in [-0.3, -0.25) is 19.3 Å². The number of nitrogens with zero attached hydrogens (tertiary/aromatic N) is 4. The molecular weight excluding hydrogens is 541 g/mol. The van der Waals surface area contributed by atoms with E-state index in [1.54, 1.807) is 23.0 Å². The molecule has 214 valence electrons. The highest BCUT2D eigenvalue weighted by Gasteiger charge is 2.56. The predicted octanol–water partition coefficient (Wildman–Crippen LogP) is 7.17. The van der Waals surface area contributed by atoms with Gasteiger partial charge in [-0.25, -0.2) is 4.98 Å². The minimum Gasteiger partial charge on any atom is -0.372 e. The quantitative estimate of drug-likeness (QED) is 0.300. The van der Waals surface area contributed by atoms with E-state index in [1.165, 1.54) is 25.7 Å². The van der Waals surface area contributed by atoms with Gasteiger partial charge in [-0.1, -0.05) is 50.0 Å². The van der Waals surface area contributed by atoms with Gasteiger partial charge in [0, 0.05) is 22.3 Å². The lowest BCUT2D eigenvalue weighted by Crippen LogP contribution is -2.56. The van der Waals surface area contributed by atoms with E-state index in [4.69, 9.17) is 23.2 Å². The zero-order chi connectivity index (χ0) is 28.4. The lowest BCUT2D eigenvalue weighted by molar-refractivity contribution is -0.108. The number of aryl methyl sites for hydroxylation is 2. The third-order valence-corrected chi connectivity index (χ3v) is 10.3. The normalized spacial score (nSPS) is 25.1. The van der Waals surface area contributed by atoms with Crippen molar-refractivity contribution in [3.8, 4) is 0 Å². The maximum atomic E-state index is 12.8. The molecule has 0 spiro atoms. The van der Waals surface area contributed by atoms with Gasteiger partial charge in [0.2, 0.25) is 0 Å². The average Bonchev–Trinajstić information content (AvgIpc) is 3.46. The largest absolute Gasteiger partial charge is 0.372 e. The second kappa shape index (κ2) is 12.2. The molecule has 6 nitrogen and oxygen atoms in total. The first-order chi connectivity index (χ1) is 19.2. The molecular formula is C32H41Cl2N5O. The molecule has 4 unspecified atom stereocenters. The molecule has 3 aliphatic carbocycles. The van der Waals surface area contributed by atoms with E-state index in [0.717, 1.165) is 48.8 Å². The van der Waals surface area contributed by atoms with Crippen LogP contribution in [0.2, 0.25) is 10.0 Å². The molecule has 1 aromatic heterocycles. The van der Waals surface area contributed by atoms with E-state index in [1.807, 2.05) is 24.3 Å². The van der Waals surface area contributed by atoms with Crippen molar-refractivity contribution in [1.82, 2.24) is 14.5 Å². The van der Waals surface area contributed by atoms with E-state index >= 15 is 0 Å². The van der Waals surface area contributed by atoms with Gasteiger partial charge in [0.1, 0.15) is 0 Å². The number of likely N-dealkylation sites (tertiary alicyclic amines) is 1. The topological polar surface area (TPSA) is 62.5 Å². The number of rotatable bonds is 7. The summed E-state index contributed by atoms with van der Waals surface area (Å²) >= 11 is 12.2. The first kappa shape index (κ1) is 29.1. The van der Waals surface area contributed by atoms with Gasteiger partial charge < -0.3 is 5.32 Å². The number of anilines is 1. The van der Waals surface area contributed by atoms with Gasteiger partial charge in [0.25, 0.3) is 5.56 Å². The zero-order valence-electron chi connectivity index (χ0n) is 23.9. The molecule has 0 amide bonds. The van der Waals surface area contributed by atoms with Crippen LogP contribution in [-0.4, -0.2) is 47.0 Å². The fraction of sp³-hybridized carbons (Fsp3) is 0.531. The SMILES string of the molecule is C=NC1CC2CC(C1C)C2(C)C.O=c1c2ccc(NCN3CCCC3)cc2ncn1CCc1ccc(Cl)cc1Cl. The molecule has 40 heavy (non-hydrogen) atoms. The van der Waals surface area contributed by atoms with Crippen LogP contribution in [0.5, 0.6) is 0 Å². The summed E-state index contributed by atoms with van der Waals surface area (Å²) in [6, 6.07) is 11.7. The Labute approximate surface area is 247 Å². The Morgan fingerprint density at radius 2 is 1.90 bits per heavy atom. The van der Waals surface area contributed by atoms with Crippen LogP contribution in [0.15, 0.2) is 52.5 Å². The van der Waals surface area contributed by atoms with Crippen molar-refractivity contribution in [3.05, 3.63) is 68.7 Å². The van der Waals surface area contributed by atoms with Crippen LogP contribution in [0, 0.1) is 23.2 Å². The van der Waals surface area contributed by atoms with Gasteiger partial charge in [0.05, 0.1) is 29.9 Å². The molecule has 2 aromatic carbocycles. The van der Waals surface area contributed by atoms with Crippen LogP contribution in [-0.2, 0) is 13.0 Å². The van der Waals surface area contributed by atoms with Crippen molar-refractivity contribution >= 4 is 46.5 Å². The van der Waals surface area contributed by atoms with Crippen molar-refractivity contribution in [2.24, 2.45) is 28.2 Å². The molecule has 8 heteroatoms. The highest BCUT2D eigenvalue weighted by atomic mass is 35.5. The van der Waals surface area contributed by atoms with Crippen LogP contribution < -0.4 is 10.9 Å². The average molecular weight is 583 g/mol. The van der Waals surface area contributed by atoms with Gasteiger partial charge in [-0.15, -0.1) is 0 Å². The highest BCUT2D eigenvalue weighted by Crippen LogP contribution is 2.61. The number of hydrogen-bond donors (Lipinski definition) is 1. The van der Waals surface area contributed by atoms with Gasteiger partial charge in [-0.2, -0.15) is 0 Å². The molecule has 7 rings (SSSR count). The molecule has 3 saturated carbocycles. The number of aliphatic imine (C=N–C) groups is 1. The summed E-state index contributed by atoms with van der Waals surface area (Å²) < 4.78 is 1.63. The molecule has 3 aromatic rings. The summed E-state index contributed by atoms with van der Waals surface area (Å²) in [5.41, 5.74) is 3.20. The molecule has 1 N–H and O–H groups in total. The lowest BCUT2D eigenvalue weighted by Gasteiger charge is -2.61. The van der Waals surface area contributed by atoms with Crippen molar-refractivity contribution in [1.29, 1.82) is 0 Å².